The Labute approximate surface area is 127 Å². The fourth-order valence-corrected chi connectivity index (χ4v) is 2.01. The monoisotopic (exact) mass is 386 g/mol. The van der Waals surface area contributed by atoms with Crippen molar-refractivity contribution < 1.29 is 19.1 Å². The molecule has 0 aliphatic heterocycles. The molecule has 1 amide bonds. The van der Waals surface area contributed by atoms with Crippen molar-refractivity contribution >= 4 is 40.2 Å². The summed E-state index contributed by atoms with van der Waals surface area (Å²) in [5.41, 5.74) is -0.0319. The van der Waals surface area contributed by atoms with Gasteiger partial charge in [0.2, 0.25) is 5.95 Å². The zero-order valence-electron chi connectivity index (χ0n) is 9.93. The SMILES string of the molecule is O=C(Nc1ccc(I)cc1C(=O)O)c1cccc(F)n1. The first kappa shape index (κ1) is 14.4. The van der Waals surface area contributed by atoms with E-state index in [-0.39, 0.29) is 16.9 Å². The van der Waals surface area contributed by atoms with Crippen molar-refractivity contribution in [2.24, 2.45) is 0 Å². The number of benzene rings is 1. The van der Waals surface area contributed by atoms with Crippen molar-refractivity contribution in [3.63, 3.8) is 0 Å². The van der Waals surface area contributed by atoms with Crippen molar-refractivity contribution in [2.45, 2.75) is 0 Å². The molecule has 5 nitrogen and oxygen atoms in total. The highest BCUT2D eigenvalue weighted by molar-refractivity contribution is 14.1. The number of carboxylic acids is 1. The Kier molecular flexibility index (Phi) is 4.28. The van der Waals surface area contributed by atoms with E-state index in [0.29, 0.717) is 0 Å². The van der Waals surface area contributed by atoms with Crippen LogP contribution in [0.25, 0.3) is 0 Å². The summed E-state index contributed by atoms with van der Waals surface area (Å²) in [6.07, 6.45) is 0. The number of carboxylic acid groups (broad SMARTS) is 1. The van der Waals surface area contributed by atoms with E-state index in [0.717, 1.165) is 9.64 Å². The van der Waals surface area contributed by atoms with Crippen LogP contribution in [0.5, 0.6) is 0 Å². The van der Waals surface area contributed by atoms with E-state index < -0.39 is 17.8 Å². The van der Waals surface area contributed by atoms with Crippen molar-refractivity contribution in [3.8, 4) is 0 Å². The molecular formula is C13H8FIN2O3. The van der Waals surface area contributed by atoms with Gasteiger partial charge in [-0.1, -0.05) is 6.07 Å². The highest BCUT2D eigenvalue weighted by atomic mass is 127. The Bertz CT molecular complexity index is 691. The second-order valence-corrected chi connectivity index (χ2v) is 5.04. The van der Waals surface area contributed by atoms with Crippen LogP contribution in [0, 0.1) is 9.52 Å². The fourth-order valence-electron chi connectivity index (χ4n) is 1.52. The number of anilines is 1. The van der Waals surface area contributed by atoms with E-state index >= 15 is 0 Å². The number of carbonyl (C=O) groups is 2. The minimum atomic E-state index is -1.16. The Morgan fingerprint density at radius 1 is 1.25 bits per heavy atom. The van der Waals surface area contributed by atoms with Gasteiger partial charge in [0, 0.05) is 3.57 Å². The maximum Gasteiger partial charge on any atom is 0.337 e. The van der Waals surface area contributed by atoms with E-state index in [2.05, 4.69) is 10.3 Å². The van der Waals surface area contributed by atoms with Crippen LogP contribution in [-0.2, 0) is 0 Å². The Balaban J connectivity index is 2.30. The summed E-state index contributed by atoms with van der Waals surface area (Å²) in [4.78, 5) is 26.4. The van der Waals surface area contributed by atoms with Crippen molar-refractivity contribution in [2.75, 3.05) is 5.32 Å². The molecule has 0 fully saturated rings. The molecule has 2 rings (SSSR count). The number of nitrogens with one attached hydrogen (secondary N) is 1. The van der Waals surface area contributed by atoms with E-state index in [1.165, 1.54) is 24.3 Å². The lowest BCUT2D eigenvalue weighted by molar-refractivity contribution is 0.0698. The van der Waals surface area contributed by atoms with E-state index in [1.54, 1.807) is 6.07 Å². The zero-order valence-corrected chi connectivity index (χ0v) is 12.1. The van der Waals surface area contributed by atoms with E-state index in [4.69, 9.17) is 5.11 Å². The van der Waals surface area contributed by atoms with Crippen LogP contribution in [0.2, 0.25) is 0 Å². The van der Waals surface area contributed by atoms with Gasteiger partial charge in [-0.3, -0.25) is 4.79 Å². The topological polar surface area (TPSA) is 79.3 Å². The van der Waals surface area contributed by atoms with Crippen LogP contribution in [0.15, 0.2) is 36.4 Å². The second kappa shape index (κ2) is 5.95. The third-order valence-corrected chi connectivity index (χ3v) is 3.08. The van der Waals surface area contributed by atoms with Gasteiger partial charge in [-0.15, -0.1) is 0 Å². The average Bonchev–Trinajstić information content (AvgIpc) is 2.40. The van der Waals surface area contributed by atoms with Gasteiger partial charge < -0.3 is 10.4 Å². The first-order valence-electron chi connectivity index (χ1n) is 5.44. The molecule has 2 aromatic rings. The lowest BCUT2D eigenvalue weighted by atomic mass is 10.1. The predicted molar refractivity (Wildman–Crippen MR) is 78.3 cm³/mol. The molecule has 0 saturated heterocycles. The number of hydrogen-bond acceptors (Lipinski definition) is 3. The lowest BCUT2D eigenvalue weighted by Crippen LogP contribution is -2.16. The molecule has 0 aliphatic rings. The first-order chi connectivity index (χ1) is 9.47. The summed E-state index contributed by atoms with van der Waals surface area (Å²) >= 11 is 1.97. The van der Waals surface area contributed by atoms with E-state index in [1.807, 2.05) is 22.6 Å². The molecule has 0 spiro atoms. The van der Waals surface area contributed by atoms with Crippen molar-refractivity contribution in [1.82, 2.24) is 4.98 Å². The van der Waals surface area contributed by atoms with Crippen molar-refractivity contribution in [3.05, 3.63) is 57.2 Å². The van der Waals surface area contributed by atoms with Crippen LogP contribution in [0.3, 0.4) is 0 Å². The van der Waals surface area contributed by atoms with Gasteiger partial charge in [0.05, 0.1) is 11.3 Å². The molecule has 0 radical (unpaired) electrons. The summed E-state index contributed by atoms with van der Waals surface area (Å²) in [5.74, 6) is -2.61. The number of aromatic nitrogens is 1. The number of carbonyl (C=O) groups excluding carboxylic acids is 1. The quantitative estimate of drug-likeness (QED) is 0.628. The van der Waals surface area contributed by atoms with Crippen LogP contribution in [0.1, 0.15) is 20.8 Å². The predicted octanol–water partition coefficient (Wildman–Crippen LogP) is 2.78. The molecule has 7 heteroatoms. The number of amides is 1. The van der Waals surface area contributed by atoms with Crippen LogP contribution < -0.4 is 5.32 Å². The standard InChI is InChI=1S/C13H8FIN2O3/c14-11-3-1-2-10(16-11)12(18)17-9-5-4-7(15)6-8(9)13(19)20/h1-6H,(H,17,18)(H,19,20). The third-order valence-electron chi connectivity index (χ3n) is 2.41. The minimum Gasteiger partial charge on any atom is -0.478 e. The molecule has 1 aromatic heterocycles. The average molecular weight is 386 g/mol. The summed E-state index contributed by atoms with van der Waals surface area (Å²) < 4.78 is 13.7. The number of pyridine rings is 1. The summed E-state index contributed by atoms with van der Waals surface area (Å²) in [5, 5.41) is 11.5. The van der Waals surface area contributed by atoms with Crippen molar-refractivity contribution in [1.29, 1.82) is 0 Å². The lowest BCUT2D eigenvalue weighted by Gasteiger charge is -2.08. The van der Waals surface area contributed by atoms with Crippen LogP contribution in [-0.4, -0.2) is 22.0 Å². The van der Waals surface area contributed by atoms with E-state index in [9.17, 15) is 14.0 Å². The first-order valence-corrected chi connectivity index (χ1v) is 6.52. The fraction of sp³-hybridized carbons (Fsp3) is 0. The Morgan fingerprint density at radius 3 is 2.65 bits per heavy atom. The normalized spacial score (nSPS) is 10.1. The summed E-state index contributed by atoms with van der Waals surface area (Å²) in [7, 11) is 0. The van der Waals surface area contributed by atoms with Crippen LogP contribution in [0.4, 0.5) is 10.1 Å². The highest BCUT2D eigenvalue weighted by Gasteiger charge is 2.15. The molecule has 2 N–H and O–H groups in total. The van der Waals surface area contributed by atoms with Gasteiger partial charge in [0.15, 0.2) is 0 Å². The molecule has 0 unspecified atom stereocenters. The number of halogens is 2. The molecule has 20 heavy (non-hydrogen) atoms. The van der Waals surface area contributed by atoms with Gasteiger partial charge in [-0.2, -0.15) is 4.39 Å². The number of nitrogens with zero attached hydrogens (tertiary/aromatic N) is 1. The Hall–Kier alpha value is -2.03. The molecule has 0 aliphatic carbocycles. The van der Waals surface area contributed by atoms with Crippen LogP contribution >= 0.6 is 22.6 Å². The maximum atomic E-state index is 12.9. The summed E-state index contributed by atoms with van der Waals surface area (Å²) in [6, 6.07) is 8.36. The minimum absolute atomic E-state index is 0.0401. The number of hydrogen-bond donors (Lipinski definition) is 2. The second-order valence-electron chi connectivity index (χ2n) is 3.79. The number of rotatable bonds is 3. The van der Waals surface area contributed by atoms with Gasteiger partial charge in [-0.05, 0) is 52.9 Å². The molecule has 102 valence electrons. The van der Waals surface area contributed by atoms with Gasteiger partial charge >= 0.3 is 5.97 Å². The van der Waals surface area contributed by atoms with Gasteiger partial charge in [0.1, 0.15) is 5.69 Å². The molecule has 0 saturated carbocycles. The third kappa shape index (κ3) is 3.29. The molecule has 0 atom stereocenters. The molecule has 1 aromatic carbocycles. The Morgan fingerprint density at radius 2 is 2.00 bits per heavy atom. The largest absolute Gasteiger partial charge is 0.478 e. The number of aromatic carboxylic acids is 1. The smallest absolute Gasteiger partial charge is 0.337 e. The summed E-state index contributed by atoms with van der Waals surface area (Å²) in [6.45, 7) is 0. The maximum absolute atomic E-state index is 12.9. The molecule has 0 bridgehead atoms. The molecular weight excluding hydrogens is 378 g/mol. The zero-order chi connectivity index (χ0) is 14.7. The molecule has 1 heterocycles. The highest BCUT2D eigenvalue weighted by Crippen LogP contribution is 2.19. The van der Waals surface area contributed by atoms with Gasteiger partial charge in [0.25, 0.3) is 5.91 Å². The van der Waals surface area contributed by atoms with Gasteiger partial charge in [-0.25, -0.2) is 9.78 Å².